The molecular weight excluding hydrogens is 345 g/mol. The molecule has 2 rings (SSSR count). The smallest absolute Gasteiger partial charge is 0.403 e. The van der Waals surface area contributed by atoms with E-state index in [-0.39, 0.29) is 6.04 Å². The molecule has 0 saturated carbocycles. The quantitative estimate of drug-likeness (QED) is 0.614. The molecule has 1 saturated heterocycles. The summed E-state index contributed by atoms with van der Waals surface area (Å²) in [5.41, 5.74) is 0. The summed E-state index contributed by atoms with van der Waals surface area (Å²) < 4.78 is 44.0. The van der Waals surface area contributed by atoms with Crippen LogP contribution in [0, 0.1) is 0 Å². The monoisotopic (exact) mass is 374 g/mol. The minimum atomic E-state index is -4.18. The van der Waals surface area contributed by atoms with Crippen LogP contribution in [0.1, 0.15) is 33.0 Å². The molecule has 1 aromatic heterocycles. The Morgan fingerprint density at radius 2 is 1.96 bits per heavy atom. The zero-order valence-corrected chi connectivity index (χ0v) is 15.7. The predicted molar refractivity (Wildman–Crippen MR) is 96.3 cm³/mol. The Balaban J connectivity index is 1.95. The number of aliphatic imine (C=N–C) groups is 1. The molecule has 2 heterocycles. The summed E-state index contributed by atoms with van der Waals surface area (Å²) in [7, 11) is 0. The Kier molecular flexibility index (Phi) is 7.37. The van der Waals surface area contributed by atoms with E-state index in [1.807, 2.05) is 17.0 Å². The number of hydrogen-bond donors (Lipinski definition) is 1. The number of guanidine groups is 1. The van der Waals surface area contributed by atoms with Gasteiger partial charge >= 0.3 is 6.18 Å². The fraction of sp³-hybridized carbons (Fsp3) is 0.722. The molecule has 8 heteroatoms. The van der Waals surface area contributed by atoms with E-state index >= 15 is 0 Å². The minimum absolute atomic E-state index is 0.254. The number of piperazine rings is 1. The van der Waals surface area contributed by atoms with Gasteiger partial charge in [0, 0.05) is 45.2 Å². The Morgan fingerprint density at radius 3 is 2.50 bits per heavy atom. The number of halogens is 3. The van der Waals surface area contributed by atoms with Crippen molar-refractivity contribution in [1.82, 2.24) is 15.1 Å². The molecule has 0 aromatic carbocycles. The first-order valence-electron chi connectivity index (χ1n) is 9.20. The molecule has 1 aliphatic rings. The van der Waals surface area contributed by atoms with Gasteiger partial charge in [0.1, 0.15) is 11.8 Å². The fourth-order valence-corrected chi connectivity index (χ4v) is 2.81. The maximum Gasteiger partial charge on any atom is 0.403 e. The molecule has 2 atom stereocenters. The van der Waals surface area contributed by atoms with Gasteiger partial charge in [-0.25, -0.2) is 0 Å². The Bertz CT molecular complexity index is 551. The molecule has 0 aliphatic carbocycles. The molecule has 1 aliphatic heterocycles. The maximum absolute atomic E-state index is 12.9. The average molecular weight is 374 g/mol. The molecule has 0 amide bonds. The molecule has 1 aromatic rings. The van der Waals surface area contributed by atoms with Crippen molar-refractivity contribution in [2.75, 3.05) is 32.7 Å². The van der Waals surface area contributed by atoms with Crippen molar-refractivity contribution in [3.05, 3.63) is 24.2 Å². The van der Waals surface area contributed by atoms with E-state index in [0.29, 0.717) is 39.1 Å². The molecule has 0 radical (unpaired) electrons. The van der Waals surface area contributed by atoms with E-state index in [2.05, 4.69) is 24.2 Å². The third kappa shape index (κ3) is 5.93. The number of furan rings is 1. The average Bonchev–Trinajstić information content (AvgIpc) is 3.13. The van der Waals surface area contributed by atoms with Crippen molar-refractivity contribution < 1.29 is 17.6 Å². The molecule has 5 nitrogen and oxygen atoms in total. The summed E-state index contributed by atoms with van der Waals surface area (Å²) in [6.07, 6.45) is -0.901. The predicted octanol–water partition coefficient (Wildman–Crippen LogP) is 3.13. The Labute approximate surface area is 153 Å². The largest absolute Gasteiger partial charge is 0.469 e. The standard InChI is InChI=1S/C18H29F3N4O/c1-4-14(2)23-17(22-8-7-16-6-5-13-26-16)25-11-9-24(10-12-25)15(3)18(19,20)21/h5-6,13-15H,4,7-12H2,1-3H3,(H,22,23). The number of hydrogen-bond acceptors (Lipinski definition) is 3. The summed E-state index contributed by atoms with van der Waals surface area (Å²) in [5.74, 6) is 1.64. The highest BCUT2D eigenvalue weighted by atomic mass is 19.4. The van der Waals surface area contributed by atoms with Crippen molar-refractivity contribution in [3.63, 3.8) is 0 Å². The Morgan fingerprint density at radius 1 is 1.27 bits per heavy atom. The summed E-state index contributed by atoms with van der Waals surface area (Å²) >= 11 is 0. The molecular formula is C18H29F3N4O. The van der Waals surface area contributed by atoms with E-state index < -0.39 is 12.2 Å². The van der Waals surface area contributed by atoms with Gasteiger partial charge < -0.3 is 14.6 Å². The molecule has 1 N–H and O–H groups in total. The van der Waals surface area contributed by atoms with Crippen LogP contribution in [0.3, 0.4) is 0 Å². The van der Waals surface area contributed by atoms with Crippen LogP contribution >= 0.6 is 0 Å². The second-order valence-electron chi connectivity index (χ2n) is 6.73. The lowest BCUT2D eigenvalue weighted by atomic mass is 10.2. The van der Waals surface area contributed by atoms with Gasteiger partial charge in [0.25, 0.3) is 0 Å². The summed E-state index contributed by atoms with van der Waals surface area (Å²) in [4.78, 5) is 8.20. The maximum atomic E-state index is 12.9. The SMILES string of the molecule is CCC(C)NC(=NCCc1ccco1)N1CCN(C(C)C(F)(F)F)CC1. The molecule has 1 fully saturated rings. The van der Waals surface area contributed by atoms with Crippen LogP contribution in [-0.2, 0) is 6.42 Å². The van der Waals surface area contributed by atoms with Gasteiger partial charge in [-0.1, -0.05) is 6.92 Å². The summed E-state index contributed by atoms with van der Waals surface area (Å²) in [6, 6.07) is 2.60. The third-order valence-corrected chi connectivity index (χ3v) is 4.82. The van der Waals surface area contributed by atoms with Gasteiger partial charge in [-0.3, -0.25) is 9.89 Å². The number of rotatable bonds is 6. The van der Waals surface area contributed by atoms with E-state index in [9.17, 15) is 13.2 Å². The van der Waals surface area contributed by atoms with Gasteiger partial charge in [0.2, 0.25) is 0 Å². The van der Waals surface area contributed by atoms with E-state index in [0.717, 1.165) is 18.1 Å². The first kappa shape index (κ1) is 20.6. The molecule has 2 unspecified atom stereocenters. The Hall–Kier alpha value is -1.70. The first-order valence-corrected chi connectivity index (χ1v) is 9.20. The van der Waals surface area contributed by atoms with Crippen LogP contribution < -0.4 is 5.32 Å². The molecule has 0 spiro atoms. The number of alkyl halides is 3. The van der Waals surface area contributed by atoms with Crippen molar-refractivity contribution >= 4 is 5.96 Å². The van der Waals surface area contributed by atoms with Gasteiger partial charge in [-0.2, -0.15) is 13.2 Å². The minimum Gasteiger partial charge on any atom is -0.469 e. The molecule has 26 heavy (non-hydrogen) atoms. The second-order valence-corrected chi connectivity index (χ2v) is 6.73. The van der Waals surface area contributed by atoms with Crippen LogP contribution in [-0.4, -0.2) is 66.7 Å². The van der Waals surface area contributed by atoms with Gasteiger partial charge in [-0.05, 0) is 32.4 Å². The van der Waals surface area contributed by atoms with Crippen molar-refractivity contribution in [2.24, 2.45) is 4.99 Å². The van der Waals surface area contributed by atoms with Gasteiger partial charge in [-0.15, -0.1) is 0 Å². The van der Waals surface area contributed by atoms with Crippen LogP contribution in [0.4, 0.5) is 13.2 Å². The highest BCUT2D eigenvalue weighted by Crippen LogP contribution is 2.25. The lowest BCUT2D eigenvalue weighted by molar-refractivity contribution is -0.181. The van der Waals surface area contributed by atoms with E-state index in [1.54, 1.807) is 6.26 Å². The lowest BCUT2D eigenvalue weighted by Gasteiger charge is -2.40. The van der Waals surface area contributed by atoms with Gasteiger partial charge in [0.15, 0.2) is 5.96 Å². The fourth-order valence-electron chi connectivity index (χ4n) is 2.81. The third-order valence-electron chi connectivity index (χ3n) is 4.82. The lowest BCUT2D eigenvalue weighted by Crippen LogP contribution is -2.57. The highest BCUT2D eigenvalue weighted by Gasteiger charge is 2.41. The second kappa shape index (κ2) is 9.30. The number of nitrogens with one attached hydrogen (secondary N) is 1. The van der Waals surface area contributed by atoms with Gasteiger partial charge in [0.05, 0.1) is 6.26 Å². The van der Waals surface area contributed by atoms with Crippen LogP contribution in [0.25, 0.3) is 0 Å². The molecule has 148 valence electrons. The van der Waals surface area contributed by atoms with Crippen molar-refractivity contribution in [2.45, 2.75) is 51.9 Å². The zero-order chi connectivity index (χ0) is 19.2. The first-order chi connectivity index (χ1) is 12.3. The zero-order valence-electron chi connectivity index (χ0n) is 15.7. The highest BCUT2D eigenvalue weighted by molar-refractivity contribution is 5.80. The van der Waals surface area contributed by atoms with Crippen molar-refractivity contribution in [1.29, 1.82) is 0 Å². The topological polar surface area (TPSA) is 44.0 Å². The summed E-state index contributed by atoms with van der Waals surface area (Å²) in [6.45, 7) is 7.77. The van der Waals surface area contributed by atoms with Crippen molar-refractivity contribution in [3.8, 4) is 0 Å². The molecule has 0 bridgehead atoms. The van der Waals surface area contributed by atoms with Crippen LogP contribution in [0.2, 0.25) is 0 Å². The van der Waals surface area contributed by atoms with E-state index in [4.69, 9.17) is 4.42 Å². The van der Waals surface area contributed by atoms with Crippen LogP contribution in [0.5, 0.6) is 0 Å². The van der Waals surface area contributed by atoms with Crippen LogP contribution in [0.15, 0.2) is 27.8 Å². The van der Waals surface area contributed by atoms with E-state index in [1.165, 1.54) is 11.8 Å². The summed E-state index contributed by atoms with van der Waals surface area (Å²) in [5, 5.41) is 3.40. The number of nitrogens with zero attached hydrogens (tertiary/aromatic N) is 3. The normalized spacial score (nSPS) is 19.5.